The Balaban J connectivity index is 1.95. The normalized spacial score (nSPS) is 21.8. The van der Waals surface area contributed by atoms with E-state index < -0.39 is 0 Å². The summed E-state index contributed by atoms with van der Waals surface area (Å²) in [6.07, 6.45) is 5.83. The number of methoxy groups -OCH3 is 2. The van der Waals surface area contributed by atoms with Crippen LogP contribution < -0.4 is 9.47 Å². The van der Waals surface area contributed by atoms with Crippen molar-refractivity contribution in [2.45, 2.75) is 6.42 Å². The lowest BCUT2D eigenvalue weighted by molar-refractivity contribution is 0.412. The second-order valence-corrected chi connectivity index (χ2v) is 6.06. The lowest BCUT2D eigenvalue weighted by Gasteiger charge is -2.20. The molecule has 0 aromatic heterocycles. The Morgan fingerprint density at radius 1 is 0.696 bits per heavy atom. The van der Waals surface area contributed by atoms with Gasteiger partial charge in [-0.25, -0.2) is 0 Å². The van der Waals surface area contributed by atoms with Crippen molar-refractivity contribution in [3.8, 4) is 11.5 Å². The molecule has 2 aromatic rings. The smallest absolute Gasteiger partial charge is 0.126 e. The fourth-order valence-corrected chi connectivity index (χ4v) is 3.95. The molecule has 4 rings (SSSR count). The molecule has 116 valence electrons. The SMILES string of the molecule is COc1ccccc1C1=C(c2ccccc2OC)[C@H]2C=C[C@@H]1C2. The van der Waals surface area contributed by atoms with Gasteiger partial charge in [-0.3, -0.25) is 0 Å². The number of fused-ring (bicyclic) bond motifs is 2. The van der Waals surface area contributed by atoms with Crippen molar-refractivity contribution in [1.29, 1.82) is 0 Å². The van der Waals surface area contributed by atoms with E-state index in [0.29, 0.717) is 11.8 Å². The van der Waals surface area contributed by atoms with Gasteiger partial charge in [-0.05, 0) is 29.7 Å². The monoisotopic (exact) mass is 304 g/mol. The van der Waals surface area contributed by atoms with E-state index in [9.17, 15) is 0 Å². The molecular formula is C21H20O2. The van der Waals surface area contributed by atoms with Crippen molar-refractivity contribution < 1.29 is 9.47 Å². The number of allylic oxidation sites excluding steroid dienone is 4. The van der Waals surface area contributed by atoms with Crippen LogP contribution in [0.2, 0.25) is 0 Å². The summed E-state index contributed by atoms with van der Waals surface area (Å²) in [6, 6.07) is 16.6. The molecular weight excluding hydrogens is 284 g/mol. The van der Waals surface area contributed by atoms with Gasteiger partial charge in [0.1, 0.15) is 11.5 Å². The van der Waals surface area contributed by atoms with E-state index in [1.807, 2.05) is 24.3 Å². The fraction of sp³-hybridized carbons (Fsp3) is 0.238. The Hall–Kier alpha value is -2.48. The summed E-state index contributed by atoms with van der Waals surface area (Å²) in [7, 11) is 3.48. The standard InChI is InChI=1S/C21H20O2/c1-22-18-9-5-3-7-16(18)20-14-11-12-15(13-14)21(20)17-8-4-6-10-19(17)23-2/h3-12,14-15H,13H2,1-2H3/t14-,15+. The number of benzene rings is 2. The van der Waals surface area contributed by atoms with Crippen molar-refractivity contribution in [2.75, 3.05) is 14.2 Å². The van der Waals surface area contributed by atoms with Gasteiger partial charge in [0.2, 0.25) is 0 Å². The average molecular weight is 304 g/mol. The van der Waals surface area contributed by atoms with E-state index in [1.165, 1.54) is 22.3 Å². The summed E-state index contributed by atoms with van der Waals surface area (Å²) in [4.78, 5) is 0. The van der Waals surface area contributed by atoms with Crippen LogP contribution in [0.25, 0.3) is 11.1 Å². The maximum atomic E-state index is 5.62. The number of para-hydroxylation sites is 2. The molecule has 0 aliphatic heterocycles. The quantitative estimate of drug-likeness (QED) is 0.754. The molecule has 2 nitrogen and oxygen atoms in total. The van der Waals surface area contributed by atoms with Gasteiger partial charge in [0.15, 0.2) is 0 Å². The third kappa shape index (κ3) is 2.17. The van der Waals surface area contributed by atoms with Gasteiger partial charge >= 0.3 is 0 Å². The second-order valence-electron chi connectivity index (χ2n) is 6.06. The van der Waals surface area contributed by atoms with Gasteiger partial charge in [-0.2, -0.15) is 0 Å². The third-order valence-electron chi connectivity index (χ3n) is 4.91. The van der Waals surface area contributed by atoms with Crippen LogP contribution in [-0.4, -0.2) is 14.2 Å². The molecule has 2 aliphatic carbocycles. The van der Waals surface area contributed by atoms with Crippen LogP contribution in [-0.2, 0) is 0 Å². The van der Waals surface area contributed by atoms with E-state index in [0.717, 1.165) is 17.9 Å². The van der Waals surface area contributed by atoms with Gasteiger partial charge in [0, 0.05) is 23.0 Å². The molecule has 0 N–H and O–H groups in total. The second kappa shape index (κ2) is 5.62. The van der Waals surface area contributed by atoms with Crippen molar-refractivity contribution in [1.82, 2.24) is 0 Å². The van der Waals surface area contributed by atoms with Crippen LogP contribution in [0, 0.1) is 11.8 Å². The largest absolute Gasteiger partial charge is 0.496 e. The zero-order valence-corrected chi connectivity index (χ0v) is 13.5. The number of ether oxygens (including phenoxy) is 2. The summed E-state index contributed by atoms with van der Waals surface area (Å²) >= 11 is 0. The summed E-state index contributed by atoms with van der Waals surface area (Å²) in [6.45, 7) is 0. The van der Waals surface area contributed by atoms with E-state index in [-0.39, 0.29) is 0 Å². The third-order valence-corrected chi connectivity index (χ3v) is 4.91. The summed E-state index contributed by atoms with van der Waals surface area (Å²) in [5, 5.41) is 0. The first kappa shape index (κ1) is 14.1. The van der Waals surface area contributed by atoms with Gasteiger partial charge in [-0.1, -0.05) is 48.6 Å². The van der Waals surface area contributed by atoms with Gasteiger partial charge < -0.3 is 9.47 Å². The molecule has 0 unspecified atom stereocenters. The molecule has 2 aliphatic rings. The summed E-state index contributed by atoms with van der Waals surface area (Å²) < 4.78 is 11.2. The highest BCUT2D eigenvalue weighted by Gasteiger charge is 2.38. The van der Waals surface area contributed by atoms with Crippen LogP contribution in [0.5, 0.6) is 11.5 Å². The van der Waals surface area contributed by atoms with E-state index in [4.69, 9.17) is 9.47 Å². The molecule has 0 amide bonds. The fourth-order valence-electron chi connectivity index (χ4n) is 3.95. The van der Waals surface area contributed by atoms with Gasteiger partial charge in [0.25, 0.3) is 0 Å². The topological polar surface area (TPSA) is 18.5 Å². The van der Waals surface area contributed by atoms with E-state index in [1.54, 1.807) is 14.2 Å². The van der Waals surface area contributed by atoms with E-state index in [2.05, 4.69) is 36.4 Å². The lowest BCUT2D eigenvalue weighted by atomic mass is 9.86. The molecule has 0 radical (unpaired) electrons. The molecule has 2 aromatic carbocycles. The first-order valence-electron chi connectivity index (χ1n) is 8.02. The van der Waals surface area contributed by atoms with Crippen LogP contribution in [0.1, 0.15) is 17.5 Å². The zero-order chi connectivity index (χ0) is 15.8. The number of hydrogen-bond donors (Lipinski definition) is 0. The Bertz CT molecular complexity index is 735. The first-order chi connectivity index (χ1) is 11.3. The molecule has 23 heavy (non-hydrogen) atoms. The Kier molecular flexibility index (Phi) is 3.45. The van der Waals surface area contributed by atoms with Crippen LogP contribution in [0.3, 0.4) is 0 Å². The van der Waals surface area contributed by atoms with Crippen molar-refractivity contribution in [3.05, 3.63) is 71.8 Å². The Labute approximate surface area is 137 Å². The van der Waals surface area contributed by atoms with Gasteiger partial charge in [0.05, 0.1) is 14.2 Å². The van der Waals surface area contributed by atoms with Crippen molar-refractivity contribution in [2.24, 2.45) is 11.8 Å². The molecule has 0 fully saturated rings. The van der Waals surface area contributed by atoms with Crippen LogP contribution in [0.15, 0.2) is 60.7 Å². The van der Waals surface area contributed by atoms with Crippen LogP contribution >= 0.6 is 0 Å². The Morgan fingerprint density at radius 3 is 1.57 bits per heavy atom. The van der Waals surface area contributed by atoms with Gasteiger partial charge in [-0.15, -0.1) is 0 Å². The Morgan fingerprint density at radius 2 is 1.13 bits per heavy atom. The minimum absolute atomic E-state index is 0.469. The summed E-state index contributed by atoms with van der Waals surface area (Å²) in [5.74, 6) is 2.82. The lowest BCUT2D eigenvalue weighted by Crippen LogP contribution is -2.02. The van der Waals surface area contributed by atoms with Crippen LogP contribution in [0.4, 0.5) is 0 Å². The summed E-state index contributed by atoms with van der Waals surface area (Å²) in [5.41, 5.74) is 5.18. The molecule has 2 bridgehead atoms. The maximum Gasteiger partial charge on any atom is 0.126 e. The molecule has 0 saturated carbocycles. The highest BCUT2D eigenvalue weighted by molar-refractivity contribution is 6.00. The zero-order valence-electron chi connectivity index (χ0n) is 13.5. The molecule has 2 heteroatoms. The molecule has 0 saturated heterocycles. The molecule has 0 spiro atoms. The van der Waals surface area contributed by atoms with E-state index >= 15 is 0 Å². The van der Waals surface area contributed by atoms with Crippen molar-refractivity contribution >= 4 is 11.1 Å². The number of rotatable bonds is 4. The predicted octanol–water partition coefficient (Wildman–Crippen LogP) is 4.82. The predicted molar refractivity (Wildman–Crippen MR) is 93.5 cm³/mol. The maximum absolute atomic E-state index is 5.62. The minimum Gasteiger partial charge on any atom is -0.496 e. The highest BCUT2D eigenvalue weighted by Crippen LogP contribution is 2.55. The highest BCUT2D eigenvalue weighted by atomic mass is 16.5. The van der Waals surface area contributed by atoms with Crippen molar-refractivity contribution in [3.63, 3.8) is 0 Å². The number of hydrogen-bond acceptors (Lipinski definition) is 2. The first-order valence-corrected chi connectivity index (χ1v) is 8.02. The minimum atomic E-state index is 0.469. The molecule has 2 atom stereocenters. The molecule has 0 heterocycles. The average Bonchev–Trinajstić information content (AvgIpc) is 3.22.